The molecular formula is C15H18Cl2N2O3. The molecule has 0 saturated carbocycles. The van der Waals surface area contributed by atoms with E-state index in [1.54, 1.807) is 30.1 Å². The molecule has 2 rings (SSSR count). The third-order valence-corrected chi connectivity index (χ3v) is 3.86. The van der Waals surface area contributed by atoms with E-state index < -0.39 is 0 Å². The van der Waals surface area contributed by atoms with Gasteiger partial charge in [-0.25, -0.2) is 0 Å². The normalized spacial score (nSPS) is 18.2. The van der Waals surface area contributed by atoms with Crippen LogP contribution in [0, 0.1) is 0 Å². The van der Waals surface area contributed by atoms with Crippen LogP contribution in [0.1, 0.15) is 19.3 Å². The van der Waals surface area contributed by atoms with Crippen molar-refractivity contribution in [2.75, 3.05) is 20.2 Å². The molecule has 0 aromatic heterocycles. The molecule has 120 valence electrons. The van der Waals surface area contributed by atoms with E-state index >= 15 is 0 Å². The van der Waals surface area contributed by atoms with Gasteiger partial charge in [-0.1, -0.05) is 23.2 Å². The van der Waals surface area contributed by atoms with Crippen LogP contribution in [0.5, 0.6) is 5.75 Å². The van der Waals surface area contributed by atoms with Crippen molar-refractivity contribution < 1.29 is 14.3 Å². The summed E-state index contributed by atoms with van der Waals surface area (Å²) in [5.74, 6) is 0.556. The Morgan fingerprint density at radius 2 is 2.05 bits per heavy atom. The Morgan fingerprint density at radius 1 is 1.36 bits per heavy atom. The van der Waals surface area contributed by atoms with Crippen molar-refractivity contribution in [1.82, 2.24) is 10.2 Å². The first kappa shape index (κ1) is 16.9. The summed E-state index contributed by atoms with van der Waals surface area (Å²) in [4.78, 5) is 24.9. The summed E-state index contributed by atoms with van der Waals surface area (Å²) in [7, 11) is 1.74. The number of benzene rings is 1. The Labute approximate surface area is 139 Å². The summed E-state index contributed by atoms with van der Waals surface area (Å²) < 4.78 is 5.47. The highest BCUT2D eigenvalue weighted by atomic mass is 35.5. The predicted octanol–water partition coefficient (Wildman–Crippen LogP) is 2.50. The highest BCUT2D eigenvalue weighted by molar-refractivity contribution is 6.34. The number of carbonyl (C=O) groups excluding carboxylic acids is 2. The second-order valence-electron chi connectivity index (χ2n) is 5.28. The van der Waals surface area contributed by atoms with Crippen molar-refractivity contribution in [3.05, 3.63) is 28.2 Å². The lowest BCUT2D eigenvalue weighted by molar-refractivity contribution is -0.134. The molecule has 0 spiro atoms. The van der Waals surface area contributed by atoms with Crippen LogP contribution in [-0.4, -0.2) is 43.0 Å². The van der Waals surface area contributed by atoms with E-state index in [4.69, 9.17) is 27.9 Å². The fraction of sp³-hybridized carbons (Fsp3) is 0.467. The van der Waals surface area contributed by atoms with E-state index in [1.165, 1.54) is 0 Å². The van der Waals surface area contributed by atoms with Gasteiger partial charge in [0.2, 0.25) is 11.8 Å². The van der Waals surface area contributed by atoms with Gasteiger partial charge in [0.25, 0.3) is 0 Å². The first-order valence-corrected chi connectivity index (χ1v) is 7.82. The summed E-state index contributed by atoms with van der Waals surface area (Å²) in [5, 5.41) is 3.89. The number of nitrogens with zero attached hydrogens (tertiary/aromatic N) is 1. The molecule has 0 aliphatic carbocycles. The van der Waals surface area contributed by atoms with E-state index in [1.807, 2.05) is 0 Å². The minimum Gasteiger partial charge on any atom is -0.493 e. The second kappa shape index (κ2) is 7.70. The molecule has 1 aliphatic heterocycles. The Morgan fingerprint density at radius 3 is 2.68 bits per heavy atom. The molecule has 1 aliphatic rings. The number of rotatable bonds is 5. The van der Waals surface area contributed by atoms with Crippen LogP contribution >= 0.6 is 23.2 Å². The van der Waals surface area contributed by atoms with E-state index in [0.29, 0.717) is 35.2 Å². The van der Waals surface area contributed by atoms with Crippen LogP contribution in [0.2, 0.25) is 10.0 Å². The molecule has 1 aromatic carbocycles. The topological polar surface area (TPSA) is 58.6 Å². The first-order valence-electron chi connectivity index (χ1n) is 7.06. The monoisotopic (exact) mass is 344 g/mol. The zero-order chi connectivity index (χ0) is 16.1. The predicted molar refractivity (Wildman–Crippen MR) is 85.4 cm³/mol. The van der Waals surface area contributed by atoms with Crippen LogP contribution < -0.4 is 10.1 Å². The molecule has 5 nitrogen and oxygen atoms in total. The summed E-state index contributed by atoms with van der Waals surface area (Å²) in [6.45, 7) is 0.791. The molecule has 0 radical (unpaired) electrons. The highest BCUT2D eigenvalue weighted by Crippen LogP contribution is 2.24. The van der Waals surface area contributed by atoms with Crippen molar-refractivity contribution >= 4 is 35.0 Å². The summed E-state index contributed by atoms with van der Waals surface area (Å²) >= 11 is 11.7. The molecule has 0 bridgehead atoms. The van der Waals surface area contributed by atoms with Gasteiger partial charge >= 0.3 is 0 Å². The average Bonchev–Trinajstić information content (AvgIpc) is 2.42. The fourth-order valence-corrected chi connectivity index (χ4v) is 2.81. The van der Waals surface area contributed by atoms with Crippen molar-refractivity contribution in [2.45, 2.75) is 25.3 Å². The van der Waals surface area contributed by atoms with E-state index in [-0.39, 0.29) is 30.9 Å². The lowest BCUT2D eigenvalue weighted by Crippen LogP contribution is -2.48. The zero-order valence-corrected chi connectivity index (χ0v) is 13.8. The second-order valence-corrected chi connectivity index (χ2v) is 6.15. The van der Waals surface area contributed by atoms with Gasteiger partial charge in [-0.2, -0.15) is 0 Å². The number of halogens is 2. The standard InChI is InChI=1S/C15H18Cl2N2O3/c1-19-9-12(2-3-15(19)21)18-14(20)4-5-22-13-7-10(16)6-11(17)8-13/h6-8,12H,2-5,9H2,1H3,(H,18,20)/t12-/m0/s1. The number of nitrogens with one attached hydrogen (secondary N) is 1. The summed E-state index contributed by atoms with van der Waals surface area (Å²) in [5.41, 5.74) is 0. The number of ether oxygens (including phenoxy) is 1. The Kier molecular flexibility index (Phi) is 5.91. The maximum Gasteiger partial charge on any atom is 0.223 e. The Hall–Kier alpha value is -1.46. The average molecular weight is 345 g/mol. The molecule has 1 heterocycles. The van der Waals surface area contributed by atoms with Crippen LogP contribution in [0.15, 0.2) is 18.2 Å². The molecule has 1 N–H and O–H groups in total. The minimum absolute atomic E-state index is 0.0100. The largest absolute Gasteiger partial charge is 0.493 e. The van der Waals surface area contributed by atoms with Gasteiger partial charge in [-0.3, -0.25) is 9.59 Å². The molecule has 0 unspecified atom stereocenters. The Bertz CT molecular complexity index is 545. The number of amides is 2. The number of piperidine rings is 1. The highest BCUT2D eigenvalue weighted by Gasteiger charge is 2.23. The van der Waals surface area contributed by atoms with Crippen LogP contribution in [-0.2, 0) is 9.59 Å². The molecule has 1 aromatic rings. The third kappa shape index (κ3) is 5.07. The molecule has 7 heteroatoms. The lowest BCUT2D eigenvalue weighted by Gasteiger charge is -2.30. The van der Waals surface area contributed by atoms with Gasteiger partial charge in [0.05, 0.1) is 13.0 Å². The van der Waals surface area contributed by atoms with Crippen molar-refractivity contribution in [3.63, 3.8) is 0 Å². The van der Waals surface area contributed by atoms with Crippen molar-refractivity contribution in [3.8, 4) is 5.75 Å². The summed E-state index contributed by atoms with van der Waals surface area (Å²) in [6, 6.07) is 4.92. The van der Waals surface area contributed by atoms with Crippen molar-refractivity contribution in [1.29, 1.82) is 0 Å². The molecule has 1 fully saturated rings. The van der Waals surface area contributed by atoms with Crippen molar-refractivity contribution in [2.24, 2.45) is 0 Å². The third-order valence-electron chi connectivity index (χ3n) is 3.43. The van der Waals surface area contributed by atoms with Gasteiger partial charge in [0.15, 0.2) is 0 Å². The van der Waals surface area contributed by atoms with Gasteiger partial charge in [0.1, 0.15) is 5.75 Å². The van der Waals surface area contributed by atoms with Gasteiger partial charge < -0.3 is 15.0 Å². The first-order chi connectivity index (χ1) is 10.4. The SMILES string of the molecule is CN1C[C@@H](NC(=O)CCOc2cc(Cl)cc(Cl)c2)CCC1=O. The quantitative estimate of drug-likeness (QED) is 0.892. The molecule has 22 heavy (non-hydrogen) atoms. The molecule has 1 saturated heterocycles. The number of hydrogen-bond acceptors (Lipinski definition) is 3. The fourth-order valence-electron chi connectivity index (χ4n) is 2.30. The number of likely N-dealkylation sites (tertiary alicyclic amines) is 1. The zero-order valence-electron chi connectivity index (χ0n) is 12.3. The maximum absolute atomic E-state index is 11.9. The van der Waals surface area contributed by atoms with Crippen LogP contribution in [0.4, 0.5) is 0 Å². The van der Waals surface area contributed by atoms with Crippen LogP contribution in [0.25, 0.3) is 0 Å². The molecule has 2 amide bonds. The number of carbonyl (C=O) groups is 2. The smallest absolute Gasteiger partial charge is 0.223 e. The Balaban J connectivity index is 1.73. The summed E-state index contributed by atoms with van der Waals surface area (Å²) in [6.07, 6.45) is 1.39. The van der Waals surface area contributed by atoms with E-state index in [9.17, 15) is 9.59 Å². The molecular weight excluding hydrogens is 327 g/mol. The van der Waals surface area contributed by atoms with E-state index in [2.05, 4.69) is 5.32 Å². The van der Waals surface area contributed by atoms with Gasteiger partial charge in [0, 0.05) is 36.1 Å². The molecule has 1 atom stereocenters. The number of hydrogen-bond donors (Lipinski definition) is 1. The number of likely N-dealkylation sites (N-methyl/N-ethyl adjacent to an activating group) is 1. The van der Waals surface area contributed by atoms with Gasteiger partial charge in [-0.15, -0.1) is 0 Å². The van der Waals surface area contributed by atoms with E-state index in [0.717, 1.165) is 0 Å². The van der Waals surface area contributed by atoms with Crippen LogP contribution in [0.3, 0.4) is 0 Å². The lowest BCUT2D eigenvalue weighted by atomic mass is 10.1. The maximum atomic E-state index is 11.9. The minimum atomic E-state index is -0.0964. The van der Waals surface area contributed by atoms with Gasteiger partial charge in [-0.05, 0) is 24.6 Å².